The Bertz CT molecular complexity index is 984. The summed E-state index contributed by atoms with van der Waals surface area (Å²) in [6.45, 7) is 6.15. The Hall–Kier alpha value is -3.36. The lowest BCUT2D eigenvalue weighted by Gasteiger charge is -2.35. The summed E-state index contributed by atoms with van der Waals surface area (Å²) >= 11 is 0. The first-order valence-electron chi connectivity index (χ1n) is 9.42. The lowest BCUT2D eigenvalue weighted by molar-refractivity contribution is -0.384. The predicted molar refractivity (Wildman–Crippen MR) is 106 cm³/mol. The van der Waals surface area contributed by atoms with Crippen molar-refractivity contribution in [2.45, 2.75) is 39.8 Å². The Morgan fingerprint density at radius 3 is 2.69 bits per heavy atom. The number of carbonyl (C=O) groups is 1. The van der Waals surface area contributed by atoms with Crippen LogP contribution in [0.5, 0.6) is 11.5 Å². The predicted octanol–water partition coefficient (Wildman–Crippen LogP) is 3.02. The molecule has 1 N–H and O–H groups in total. The van der Waals surface area contributed by atoms with E-state index in [0.29, 0.717) is 18.0 Å². The molecule has 1 amide bonds. The number of aromatic amines is 1. The molecule has 0 fully saturated rings. The fourth-order valence-electron chi connectivity index (χ4n) is 3.06. The lowest BCUT2D eigenvalue weighted by Crippen LogP contribution is -2.48. The van der Waals surface area contributed by atoms with Gasteiger partial charge in [0, 0.05) is 24.0 Å². The van der Waals surface area contributed by atoms with Crippen molar-refractivity contribution in [3.05, 3.63) is 56.5 Å². The number of non-ortho nitro benzene ring substituents is 1. The van der Waals surface area contributed by atoms with Crippen LogP contribution in [0.4, 0.5) is 11.4 Å². The van der Waals surface area contributed by atoms with Crippen molar-refractivity contribution >= 4 is 17.3 Å². The number of benzene rings is 1. The van der Waals surface area contributed by atoms with Gasteiger partial charge in [-0.15, -0.1) is 0 Å². The number of H-pyrrole nitrogens is 1. The molecule has 0 spiro atoms. The van der Waals surface area contributed by atoms with Crippen LogP contribution >= 0.6 is 0 Å². The summed E-state index contributed by atoms with van der Waals surface area (Å²) in [6.07, 6.45) is 1.49. The highest BCUT2D eigenvalue weighted by Crippen LogP contribution is 2.38. The molecule has 0 aliphatic carbocycles. The van der Waals surface area contributed by atoms with Crippen molar-refractivity contribution in [2.75, 3.05) is 11.5 Å². The first-order valence-corrected chi connectivity index (χ1v) is 9.42. The lowest BCUT2D eigenvalue weighted by atomic mass is 10.0. The molecule has 1 aromatic heterocycles. The van der Waals surface area contributed by atoms with Crippen LogP contribution < -0.4 is 19.8 Å². The third-order valence-electron chi connectivity index (χ3n) is 4.54. The van der Waals surface area contributed by atoms with Gasteiger partial charge in [-0.2, -0.15) is 0 Å². The number of ether oxygens (including phenoxy) is 2. The van der Waals surface area contributed by atoms with E-state index in [2.05, 4.69) is 4.98 Å². The van der Waals surface area contributed by atoms with E-state index in [1.165, 1.54) is 35.4 Å². The van der Waals surface area contributed by atoms with Gasteiger partial charge in [-0.05, 0) is 18.4 Å². The minimum Gasteiger partial charge on any atom is -0.488 e. The second-order valence-electron chi connectivity index (χ2n) is 7.15. The molecular formula is C20H23N3O6. The number of carbonyl (C=O) groups excluding carboxylic acids is 1. The molecule has 1 aromatic carbocycles. The van der Waals surface area contributed by atoms with Gasteiger partial charge in [0.15, 0.2) is 17.6 Å². The Labute approximate surface area is 167 Å². The van der Waals surface area contributed by atoms with E-state index in [9.17, 15) is 19.7 Å². The molecule has 0 saturated carbocycles. The third kappa shape index (κ3) is 4.23. The summed E-state index contributed by atoms with van der Waals surface area (Å²) in [5.41, 5.74) is 0.536. The quantitative estimate of drug-likeness (QED) is 0.563. The molecule has 0 bridgehead atoms. The molecule has 3 rings (SSSR count). The molecule has 9 heteroatoms. The minimum absolute atomic E-state index is 0.0967. The number of amides is 1. The zero-order chi connectivity index (χ0) is 21.1. The fourth-order valence-corrected chi connectivity index (χ4v) is 3.06. The van der Waals surface area contributed by atoms with Crippen molar-refractivity contribution in [2.24, 2.45) is 5.92 Å². The summed E-state index contributed by atoms with van der Waals surface area (Å²) in [7, 11) is 0. The summed E-state index contributed by atoms with van der Waals surface area (Å²) in [4.78, 5) is 40.3. The Balaban J connectivity index is 1.95. The van der Waals surface area contributed by atoms with E-state index in [4.69, 9.17) is 9.47 Å². The number of hydrogen-bond donors (Lipinski definition) is 1. The second kappa shape index (κ2) is 8.34. The number of nitrogens with one attached hydrogen (secondary N) is 1. The number of hydrogen-bond acceptors (Lipinski definition) is 6. The summed E-state index contributed by atoms with van der Waals surface area (Å²) in [5, 5.41) is 11.1. The molecule has 1 unspecified atom stereocenters. The third-order valence-corrected chi connectivity index (χ3v) is 4.54. The number of aromatic nitrogens is 1. The normalized spacial score (nSPS) is 15.8. The number of pyridine rings is 1. The highest BCUT2D eigenvalue weighted by atomic mass is 16.6. The van der Waals surface area contributed by atoms with Crippen molar-refractivity contribution in [3.8, 4) is 11.5 Å². The molecule has 2 aromatic rings. The molecule has 9 nitrogen and oxygen atoms in total. The summed E-state index contributed by atoms with van der Waals surface area (Å²) < 4.78 is 11.1. The number of nitro benzene ring substituents is 1. The van der Waals surface area contributed by atoms with E-state index in [1.54, 1.807) is 0 Å². The molecule has 0 radical (unpaired) electrons. The van der Waals surface area contributed by atoms with Gasteiger partial charge in [-0.3, -0.25) is 24.6 Å². The van der Waals surface area contributed by atoms with Gasteiger partial charge >= 0.3 is 0 Å². The summed E-state index contributed by atoms with van der Waals surface area (Å²) in [6, 6.07) is 5.51. The van der Waals surface area contributed by atoms with Gasteiger partial charge in [-0.1, -0.05) is 20.8 Å². The fraction of sp³-hybridized carbons (Fsp3) is 0.400. The standard InChI is InChI=1S/C20H23N3O6/c1-4-7-28-18-10-21-13(8-16(18)24)11-22-15-6-5-14(23(26)27)9-17(15)29-19(12(2)3)20(22)25/h5-6,8-10,12,19H,4,7,11H2,1-3H3,(H,21,24). The van der Waals surface area contributed by atoms with E-state index in [0.717, 1.165) is 6.42 Å². The largest absolute Gasteiger partial charge is 0.488 e. The molecule has 2 heterocycles. The zero-order valence-corrected chi connectivity index (χ0v) is 16.5. The molecule has 29 heavy (non-hydrogen) atoms. The highest BCUT2D eigenvalue weighted by Gasteiger charge is 2.37. The Morgan fingerprint density at radius 1 is 1.31 bits per heavy atom. The first kappa shape index (κ1) is 20.4. The van der Waals surface area contributed by atoms with Crippen LogP contribution in [-0.4, -0.2) is 28.5 Å². The Morgan fingerprint density at radius 2 is 2.07 bits per heavy atom. The van der Waals surface area contributed by atoms with Gasteiger partial charge in [0.25, 0.3) is 11.6 Å². The average Bonchev–Trinajstić information content (AvgIpc) is 2.68. The first-order chi connectivity index (χ1) is 13.8. The molecule has 1 atom stereocenters. The van der Waals surface area contributed by atoms with Crippen LogP contribution in [0.25, 0.3) is 0 Å². The van der Waals surface area contributed by atoms with Crippen LogP contribution in [-0.2, 0) is 11.3 Å². The van der Waals surface area contributed by atoms with Crippen LogP contribution in [0, 0.1) is 16.0 Å². The van der Waals surface area contributed by atoms with Gasteiger partial charge in [0.2, 0.25) is 5.43 Å². The number of nitro groups is 1. The summed E-state index contributed by atoms with van der Waals surface area (Å²) in [5.74, 6) is 0.0810. The van der Waals surface area contributed by atoms with Crippen LogP contribution in [0.15, 0.2) is 35.3 Å². The van der Waals surface area contributed by atoms with E-state index >= 15 is 0 Å². The number of rotatable bonds is 7. The monoisotopic (exact) mass is 401 g/mol. The smallest absolute Gasteiger partial charge is 0.273 e. The van der Waals surface area contributed by atoms with Gasteiger partial charge in [-0.25, -0.2) is 0 Å². The van der Waals surface area contributed by atoms with Crippen LogP contribution in [0.1, 0.15) is 32.9 Å². The number of nitrogens with zero attached hydrogens (tertiary/aromatic N) is 2. The number of anilines is 1. The molecule has 1 aliphatic rings. The number of fused-ring (bicyclic) bond motifs is 1. The molecular weight excluding hydrogens is 378 g/mol. The van der Waals surface area contributed by atoms with Crippen LogP contribution in [0.3, 0.4) is 0 Å². The maximum atomic E-state index is 13.0. The maximum Gasteiger partial charge on any atom is 0.273 e. The van der Waals surface area contributed by atoms with Gasteiger partial charge in [0.1, 0.15) is 0 Å². The maximum absolute atomic E-state index is 13.0. The molecule has 1 aliphatic heterocycles. The minimum atomic E-state index is -0.775. The Kier molecular flexibility index (Phi) is 5.86. The van der Waals surface area contributed by atoms with Gasteiger partial charge in [0.05, 0.1) is 29.8 Å². The topological polar surface area (TPSA) is 115 Å². The van der Waals surface area contributed by atoms with Crippen LogP contribution in [0.2, 0.25) is 0 Å². The highest BCUT2D eigenvalue weighted by molar-refractivity contribution is 6.00. The average molecular weight is 401 g/mol. The van der Waals surface area contributed by atoms with E-state index in [1.807, 2.05) is 20.8 Å². The second-order valence-corrected chi connectivity index (χ2v) is 7.15. The van der Waals surface area contributed by atoms with Gasteiger partial charge < -0.3 is 14.5 Å². The van der Waals surface area contributed by atoms with Crippen molar-refractivity contribution in [3.63, 3.8) is 0 Å². The SMILES string of the molecule is CCCOc1c[nH]c(CN2C(=O)C(C(C)C)Oc3cc([N+](=O)[O-])ccc32)cc1=O. The van der Waals surface area contributed by atoms with Crippen molar-refractivity contribution in [1.29, 1.82) is 0 Å². The van der Waals surface area contributed by atoms with Crippen molar-refractivity contribution < 1.29 is 19.2 Å². The van der Waals surface area contributed by atoms with E-state index in [-0.39, 0.29) is 41.0 Å². The molecule has 0 saturated heterocycles. The molecule has 154 valence electrons. The van der Waals surface area contributed by atoms with E-state index < -0.39 is 11.0 Å². The zero-order valence-electron chi connectivity index (χ0n) is 16.5. The van der Waals surface area contributed by atoms with Crippen molar-refractivity contribution in [1.82, 2.24) is 4.98 Å².